The van der Waals surface area contributed by atoms with Crippen LogP contribution < -0.4 is 5.32 Å². The number of rotatable bonds is 3. The van der Waals surface area contributed by atoms with Crippen LogP contribution in [0, 0.1) is 0 Å². The molecule has 0 aliphatic carbocycles. The molecule has 0 fully saturated rings. The summed E-state index contributed by atoms with van der Waals surface area (Å²) in [7, 11) is 0. The molecule has 2 nitrogen and oxygen atoms in total. The van der Waals surface area contributed by atoms with E-state index in [9.17, 15) is 13.2 Å². The fourth-order valence-corrected chi connectivity index (χ4v) is 2.16. The van der Waals surface area contributed by atoms with E-state index in [4.69, 9.17) is 4.42 Å². The minimum absolute atomic E-state index is 0.0243. The molecule has 1 unspecified atom stereocenters. The van der Waals surface area contributed by atoms with Crippen molar-refractivity contribution in [2.24, 2.45) is 0 Å². The monoisotopic (exact) mass is 333 g/mol. The van der Waals surface area contributed by atoms with E-state index >= 15 is 0 Å². The highest BCUT2D eigenvalue weighted by Crippen LogP contribution is 2.36. The van der Waals surface area contributed by atoms with Gasteiger partial charge in [-0.15, -0.1) is 0 Å². The van der Waals surface area contributed by atoms with Crippen molar-refractivity contribution in [2.75, 3.05) is 5.32 Å². The van der Waals surface area contributed by atoms with Crippen molar-refractivity contribution in [3.63, 3.8) is 0 Å². The maximum absolute atomic E-state index is 12.8. The molecule has 0 bridgehead atoms. The zero-order valence-corrected chi connectivity index (χ0v) is 11.5. The second-order valence-electron chi connectivity index (χ2n) is 4.07. The molecule has 0 saturated carbocycles. The average molecular weight is 334 g/mol. The molecule has 6 heteroatoms. The molecular formula is C13H11BrF3NO. The number of benzene rings is 1. The minimum atomic E-state index is -4.38. The maximum Gasteiger partial charge on any atom is 0.417 e. The molecule has 0 spiro atoms. The lowest BCUT2D eigenvalue weighted by atomic mass is 10.1. The van der Waals surface area contributed by atoms with E-state index in [0.717, 1.165) is 6.07 Å². The van der Waals surface area contributed by atoms with Gasteiger partial charge in [-0.1, -0.05) is 15.9 Å². The molecule has 1 aromatic carbocycles. The molecule has 19 heavy (non-hydrogen) atoms. The summed E-state index contributed by atoms with van der Waals surface area (Å²) in [5.74, 6) is 0.663. The second-order valence-corrected chi connectivity index (χ2v) is 4.93. The van der Waals surface area contributed by atoms with Crippen LogP contribution in [0.15, 0.2) is 45.5 Å². The number of alkyl halides is 3. The SMILES string of the molecule is CC(Nc1ccc(Br)c(C(F)(F)F)c1)c1ccco1. The molecule has 0 aliphatic rings. The smallest absolute Gasteiger partial charge is 0.417 e. The molecular weight excluding hydrogens is 323 g/mol. The molecule has 2 rings (SSSR count). The lowest BCUT2D eigenvalue weighted by Crippen LogP contribution is -2.09. The Kier molecular flexibility index (Phi) is 3.89. The van der Waals surface area contributed by atoms with Gasteiger partial charge in [0.1, 0.15) is 5.76 Å². The Morgan fingerprint density at radius 1 is 1.26 bits per heavy atom. The van der Waals surface area contributed by atoms with Crippen LogP contribution >= 0.6 is 15.9 Å². The van der Waals surface area contributed by atoms with Gasteiger partial charge >= 0.3 is 6.18 Å². The van der Waals surface area contributed by atoms with Crippen molar-refractivity contribution < 1.29 is 17.6 Å². The Hall–Kier alpha value is -1.43. The van der Waals surface area contributed by atoms with E-state index in [2.05, 4.69) is 21.2 Å². The van der Waals surface area contributed by atoms with Crippen molar-refractivity contribution in [2.45, 2.75) is 19.1 Å². The highest BCUT2D eigenvalue weighted by atomic mass is 79.9. The Morgan fingerprint density at radius 2 is 2.00 bits per heavy atom. The third-order valence-electron chi connectivity index (χ3n) is 2.62. The Balaban J connectivity index is 2.22. The summed E-state index contributed by atoms with van der Waals surface area (Å²) in [5.41, 5.74) is -0.316. The summed E-state index contributed by atoms with van der Waals surface area (Å²) < 4.78 is 43.5. The van der Waals surface area contributed by atoms with Crippen molar-refractivity contribution in [1.82, 2.24) is 0 Å². The lowest BCUT2D eigenvalue weighted by molar-refractivity contribution is -0.138. The van der Waals surface area contributed by atoms with Gasteiger partial charge in [0.15, 0.2) is 0 Å². The quantitative estimate of drug-likeness (QED) is 0.831. The number of furan rings is 1. The Morgan fingerprint density at radius 3 is 2.58 bits per heavy atom. The molecule has 1 heterocycles. The fraction of sp³-hybridized carbons (Fsp3) is 0.231. The summed E-state index contributed by atoms with van der Waals surface area (Å²) >= 11 is 2.90. The number of nitrogens with one attached hydrogen (secondary N) is 1. The van der Waals surface area contributed by atoms with Crippen LogP contribution in [0.1, 0.15) is 24.3 Å². The van der Waals surface area contributed by atoms with Crippen molar-refractivity contribution in [3.8, 4) is 0 Å². The number of halogens is 4. The van der Waals surface area contributed by atoms with E-state index in [1.807, 2.05) is 6.92 Å². The number of hydrogen-bond acceptors (Lipinski definition) is 2. The largest absolute Gasteiger partial charge is 0.467 e. The van der Waals surface area contributed by atoms with Crippen LogP contribution in [0.25, 0.3) is 0 Å². The first-order valence-corrected chi connectivity index (χ1v) is 6.34. The summed E-state index contributed by atoms with van der Waals surface area (Å²) in [6.45, 7) is 1.81. The molecule has 0 amide bonds. The standard InChI is InChI=1S/C13H11BrF3NO/c1-8(12-3-2-6-19-12)18-9-4-5-11(14)10(7-9)13(15,16)17/h2-8,18H,1H3. The first-order valence-electron chi connectivity index (χ1n) is 5.54. The zero-order chi connectivity index (χ0) is 14.0. The number of anilines is 1. The molecule has 2 aromatic rings. The zero-order valence-electron chi connectivity index (χ0n) is 9.96. The van der Waals surface area contributed by atoms with E-state index in [0.29, 0.717) is 11.4 Å². The fourth-order valence-electron chi connectivity index (χ4n) is 1.69. The summed E-state index contributed by atoms with van der Waals surface area (Å²) in [4.78, 5) is 0. The van der Waals surface area contributed by atoms with Crippen LogP contribution in [0.3, 0.4) is 0 Å². The third-order valence-corrected chi connectivity index (χ3v) is 3.32. The first-order chi connectivity index (χ1) is 8.88. The van der Waals surface area contributed by atoms with Gasteiger partial charge in [-0.3, -0.25) is 0 Å². The predicted molar refractivity (Wildman–Crippen MR) is 69.9 cm³/mol. The highest BCUT2D eigenvalue weighted by Gasteiger charge is 2.33. The van der Waals surface area contributed by atoms with Gasteiger partial charge in [0.25, 0.3) is 0 Å². The molecule has 0 aliphatic heterocycles. The van der Waals surface area contributed by atoms with Gasteiger partial charge in [-0.25, -0.2) is 0 Å². The van der Waals surface area contributed by atoms with E-state index < -0.39 is 11.7 Å². The first kappa shape index (κ1) is 14.0. The molecule has 0 radical (unpaired) electrons. The van der Waals surface area contributed by atoms with Crippen LogP contribution in [-0.4, -0.2) is 0 Å². The predicted octanol–water partition coefficient (Wildman–Crippen LogP) is 5.23. The van der Waals surface area contributed by atoms with Crippen molar-refractivity contribution in [3.05, 3.63) is 52.4 Å². The minimum Gasteiger partial charge on any atom is -0.467 e. The third kappa shape index (κ3) is 3.32. The Labute approximate surface area is 116 Å². The van der Waals surface area contributed by atoms with E-state index in [1.165, 1.54) is 12.3 Å². The summed E-state index contributed by atoms with van der Waals surface area (Å²) in [5, 5.41) is 2.97. The van der Waals surface area contributed by atoms with Crippen LogP contribution in [0.4, 0.5) is 18.9 Å². The molecule has 102 valence electrons. The second kappa shape index (κ2) is 5.28. The molecule has 1 N–H and O–H groups in total. The highest BCUT2D eigenvalue weighted by molar-refractivity contribution is 9.10. The van der Waals surface area contributed by atoms with Gasteiger partial charge < -0.3 is 9.73 Å². The van der Waals surface area contributed by atoms with Gasteiger partial charge in [0, 0.05) is 10.2 Å². The normalized spacial score (nSPS) is 13.3. The van der Waals surface area contributed by atoms with Crippen LogP contribution in [0.5, 0.6) is 0 Å². The van der Waals surface area contributed by atoms with Crippen LogP contribution in [-0.2, 0) is 6.18 Å². The average Bonchev–Trinajstić information content (AvgIpc) is 2.83. The molecule has 1 aromatic heterocycles. The maximum atomic E-state index is 12.8. The lowest BCUT2D eigenvalue weighted by Gasteiger charge is -2.15. The van der Waals surface area contributed by atoms with E-state index in [-0.39, 0.29) is 10.5 Å². The topological polar surface area (TPSA) is 25.2 Å². The van der Waals surface area contributed by atoms with Gasteiger partial charge in [-0.2, -0.15) is 13.2 Å². The van der Waals surface area contributed by atoms with Gasteiger partial charge in [-0.05, 0) is 37.3 Å². The number of hydrogen-bond donors (Lipinski definition) is 1. The van der Waals surface area contributed by atoms with Crippen molar-refractivity contribution >= 4 is 21.6 Å². The summed E-state index contributed by atoms with van der Waals surface area (Å²) in [6.07, 6.45) is -2.86. The summed E-state index contributed by atoms with van der Waals surface area (Å²) in [6, 6.07) is 7.32. The molecule has 0 saturated heterocycles. The Bertz CT molecular complexity index is 552. The van der Waals surface area contributed by atoms with Gasteiger partial charge in [0.2, 0.25) is 0 Å². The molecule has 1 atom stereocenters. The van der Waals surface area contributed by atoms with E-state index in [1.54, 1.807) is 18.2 Å². The van der Waals surface area contributed by atoms with Crippen LogP contribution in [0.2, 0.25) is 0 Å². The van der Waals surface area contributed by atoms with Crippen molar-refractivity contribution in [1.29, 1.82) is 0 Å². The van der Waals surface area contributed by atoms with Gasteiger partial charge in [0.05, 0.1) is 17.9 Å².